The Balaban J connectivity index is 1.60. The van der Waals surface area contributed by atoms with Crippen molar-refractivity contribution in [3.05, 3.63) is 35.9 Å². The number of urea groups is 1. The highest BCUT2D eigenvalue weighted by molar-refractivity contribution is 7.92. The van der Waals surface area contributed by atoms with Gasteiger partial charge < -0.3 is 31.3 Å². The normalized spacial score (nSPS) is 24.5. The van der Waals surface area contributed by atoms with Crippen LogP contribution in [0, 0.1) is 11.8 Å². The summed E-state index contributed by atoms with van der Waals surface area (Å²) in [7, 11) is -3.83. The maximum absolute atomic E-state index is 14.2. The molecule has 3 aliphatic rings. The zero-order chi connectivity index (χ0) is 35.3. The molecule has 12 nitrogen and oxygen atoms in total. The first-order valence-electron chi connectivity index (χ1n) is 17.5. The van der Waals surface area contributed by atoms with Crippen LogP contribution in [-0.2, 0) is 25.8 Å². The van der Waals surface area contributed by atoms with Gasteiger partial charge in [0.05, 0.1) is 22.9 Å². The van der Waals surface area contributed by atoms with Gasteiger partial charge in [-0.1, -0.05) is 49.6 Å². The number of carbonyl (C=O) groups excluding carboxylic acids is 3. The number of piperidine rings is 1. The second-order valence-electron chi connectivity index (χ2n) is 15.6. The van der Waals surface area contributed by atoms with Crippen LogP contribution >= 0.6 is 0 Å². The van der Waals surface area contributed by atoms with Gasteiger partial charge >= 0.3 is 6.03 Å². The molecule has 1 aromatic carbocycles. The number of aliphatic hydroxyl groups excluding tert-OH is 1. The molecule has 270 valence electrons. The molecule has 1 aliphatic carbocycles. The van der Waals surface area contributed by atoms with Crippen molar-refractivity contribution >= 4 is 27.7 Å². The molecular formula is C35H58N6O6S. The zero-order valence-corrected chi connectivity index (χ0v) is 30.4. The molecule has 0 radical (unpaired) electrons. The third-order valence-corrected chi connectivity index (χ3v) is 12.5. The van der Waals surface area contributed by atoms with Crippen molar-refractivity contribution in [2.75, 3.05) is 45.5 Å². The summed E-state index contributed by atoms with van der Waals surface area (Å²) in [5.41, 5.74) is 0.462. The van der Waals surface area contributed by atoms with Crippen molar-refractivity contribution in [1.29, 1.82) is 0 Å². The second-order valence-corrected chi connectivity index (χ2v) is 18.2. The summed E-state index contributed by atoms with van der Waals surface area (Å²) >= 11 is 0. The van der Waals surface area contributed by atoms with E-state index >= 15 is 0 Å². The lowest BCUT2D eigenvalue weighted by Gasteiger charge is -2.47. The summed E-state index contributed by atoms with van der Waals surface area (Å²) in [5.74, 6) is 0.141. The molecule has 5 N–H and O–H groups in total. The van der Waals surface area contributed by atoms with E-state index in [0.29, 0.717) is 44.6 Å². The number of rotatable bonds is 11. The number of β-amino-alcohol motifs (C(OH)–C–C–N with tert-alkyl or cyclic N) is 1. The van der Waals surface area contributed by atoms with Crippen molar-refractivity contribution in [1.82, 2.24) is 31.1 Å². The lowest BCUT2D eigenvalue weighted by Crippen LogP contribution is -2.65. The zero-order valence-electron chi connectivity index (χ0n) is 29.6. The van der Waals surface area contributed by atoms with E-state index in [1.165, 1.54) is 20.3 Å². The van der Waals surface area contributed by atoms with E-state index in [0.717, 1.165) is 37.5 Å². The first-order chi connectivity index (χ1) is 22.5. The van der Waals surface area contributed by atoms with Crippen LogP contribution in [0.1, 0.15) is 72.3 Å². The fourth-order valence-electron chi connectivity index (χ4n) is 7.26. The molecule has 0 aromatic heterocycles. The molecule has 6 atom stereocenters. The summed E-state index contributed by atoms with van der Waals surface area (Å²) in [6, 6.07) is 6.27. The van der Waals surface area contributed by atoms with Crippen LogP contribution in [0.15, 0.2) is 30.3 Å². The highest BCUT2D eigenvalue weighted by Gasteiger charge is 2.46. The Morgan fingerprint density at radius 3 is 2.21 bits per heavy atom. The van der Waals surface area contributed by atoms with E-state index in [1.54, 1.807) is 4.90 Å². The predicted octanol–water partition coefficient (Wildman–Crippen LogP) is 1.68. The number of hydrogen-bond acceptors (Lipinski definition) is 8. The molecule has 4 rings (SSSR count). The lowest BCUT2D eigenvalue weighted by atomic mass is 9.72. The Hall–Kier alpha value is -2.74. The van der Waals surface area contributed by atoms with Gasteiger partial charge in [-0.15, -0.1) is 0 Å². The van der Waals surface area contributed by atoms with Gasteiger partial charge in [0.25, 0.3) is 0 Å². The van der Waals surface area contributed by atoms with Gasteiger partial charge in [-0.25, -0.2) is 13.2 Å². The number of fused-ring (bicyclic) bond motifs is 1. The quantitative estimate of drug-likeness (QED) is 0.235. The minimum Gasteiger partial charge on any atom is -0.390 e. The molecule has 4 amide bonds. The van der Waals surface area contributed by atoms with Crippen molar-refractivity contribution < 1.29 is 27.9 Å². The molecule has 2 aliphatic heterocycles. The van der Waals surface area contributed by atoms with Gasteiger partial charge in [0.2, 0.25) is 11.8 Å². The number of nitrogens with one attached hydrogen (secondary N) is 4. The van der Waals surface area contributed by atoms with E-state index in [2.05, 4.69) is 26.2 Å². The second kappa shape index (κ2) is 15.9. The maximum atomic E-state index is 14.2. The summed E-state index contributed by atoms with van der Waals surface area (Å²) in [6.45, 7) is 11.6. The van der Waals surface area contributed by atoms with Crippen LogP contribution < -0.4 is 21.3 Å². The summed E-state index contributed by atoms with van der Waals surface area (Å²) in [4.78, 5) is 44.7. The van der Waals surface area contributed by atoms with Gasteiger partial charge in [0.15, 0.2) is 9.84 Å². The Bertz CT molecular complexity index is 1360. The maximum Gasteiger partial charge on any atom is 0.318 e. The topological polar surface area (TPSA) is 160 Å². The number of aliphatic hydroxyl groups is 1. The molecule has 0 bridgehead atoms. The lowest BCUT2D eigenvalue weighted by molar-refractivity contribution is -0.133. The summed E-state index contributed by atoms with van der Waals surface area (Å²) < 4.78 is 24.3. The molecular weight excluding hydrogens is 632 g/mol. The number of likely N-dealkylation sites (tertiary alicyclic amines) is 1. The molecule has 48 heavy (non-hydrogen) atoms. The van der Waals surface area contributed by atoms with Crippen LogP contribution in [0.2, 0.25) is 0 Å². The number of hydrogen-bond donors (Lipinski definition) is 5. The fraction of sp³-hybridized carbons (Fsp3) is 0.743. The van der Waals surface area contributed by atoms with Gasteiger partial charge in [-0.05, 0) is 71.3 Å². The van der Waals surface area contributed by atoms with E-state index in [1.807, 2.05) is 51.1 Å². The van der Waals surface area contributed by atoms with Crippen molar-refractivity contribution in [3.8, 4) is 0 Å². The average molecular weight is 691 g/mol. The van der Waals surface area contributed by atoms with E-state index in [4.69, 9.17) is 0 Å². The van der Waals surface area contributed by atoms with E-state index < -0.39 is 56.3 Å². The first kappa shape index (κ1) is 38.1. The largest absolute Gasteiger partial charge is 0.390 e. The summed E-state index contributed by atoms with van der Waals surface area (Å²) in [6.07, 6.45) is 5.46. The van der Waals surface area contributed by atoms with Crippen LogP contribution in [0.3, 0.4) is 0 Å². The third kappa shape index (κ3) is 9.92. The Morgan fingerprint density at radius 1 is 0.979 bits per heavy atom. The molecule has 1 aromatic rings. The minimum atomic E-state index is -3.83. The van der Waals surface area contributed by atoms with Crippen LogP contribution in [-0.4, -0.2) is 121 Å². The van der Waals surface area contributed by atoms with Gasteiger partial charge in [-0.2, -0.15) is 0 Å². The molecule has 0 unspecified atom stereocenters. The fourth-order valence-corrected chi connectivity index (χ4v) is 7.86. The number of carbonyl (C=O) groups is 3. The SMILES string of the molecule is CC(C)(C)NC(=O)[C@@H]1C[C@@H]2CCCC[C@@H]2CN1C[C@@H](O)[C@H](Cc1ccccc1)NC(=O)[C@@H](NC(=O)N1CCNCC1)C(C)(C)S(C)(=O)=O. The molecule has 0 spiro atoms. The average Bonchev–Trinajstić information content (AvgIpc) is 3.02. The van der Waals surface area contributed by atoms with E-state index in [-0.39, 0.29) is 18.9 Å². The Labute approximate surface area is 287 Å². The molecule has 1 saturated carbocycles. The molecule has 13 heteroatoms. The van der Waals surface area contributed by atoms with Gasteiger partial charge in [0, 0.05) is 51.1 Å². The molecule has 3 fully saturated rings. The Morgan fingerprint density at radius 2 is 1.60 bits per heavy atom. The van der Waals surface area contributed by atoms with Crippen LogP contribution in [0.25, 0.3) is 0 Å². The number of sulfone groups is 1. The van der Waals surface area contributed by atoms with Crippen molar-refractivity contribution in [2.24, 2.45) is 11.8 Å². The number of piperazine rings is 1. The Kier molecular flexibility index (Phi) is 12.6. The summed E-state index contributed by atoms with van der Waals surface area (Å²) in [5, 5.41) is 23.9. The number of nitrogens with zero attached hydrogens (tertiary/aromatic N) is 2. The van der Waals surface area contributed by atoms with Crippen molar-refractivity contribution in [2.45, 2.75) is 108 Å². The van der Waals surface area contributed by atoms with Crippen molar-refractivity contribution in [3.63, 3.8) is 0 Å². The smallest absolute Gasteiger partial charge is 0.318 e. The predicted molar refractivity (Wildman–Crippen MR) is 187 cm³/mol. The minimum absolute atomic E-state index is 0.0621. The van der Waals surface area contributed by atoms with Crippen LogP contribution in [0.5, 0.6) is 0 Å². The molecule has 2 heterocycles. The van der Waals surface area contributed by atoms with Gasteiger partial charge in [0.1, 0.15) is 6.04 Å². The van der Waals surface area contributed by atoms with Gasteiger partial charge in [-0.3, -0.25) is 14.5 Å². The number of amides is 4. The first-order valence-corrected chi connectivity index (χ1v) is 19.4. The highest BCUT2D eigenvalue weighted by Crippen LogP contribution is 2.39. The molecule has 2 saturated heterocycles. The highest BCUT2D eigenvalue weighted by atomic mass is 32.2. The monoisotopic (exact) mass is 690 g/mol. The van der Waals surface area contributed by atoms with E-state index in [9.17, 15) is 27.9 Å². The third-order valence-electron chi connectivity index (χ3n) is 10.4. The van der Waals surface area contributed by atoms with Crippen LogP contribution in [0.4, 0.5) is 4.79 Å². The number of benzene rings is 1. The standard InChI is InChI=1S/C35H58N6O6S/c1-34(2,3)39-31(43)28-21-25-14-10-11-15-26(25)22-41(28)23-29(42)27(20-24-12-8-7-9-13-24)37-32(44)30(35(4,5)48(6,46)47)38-33(45)40-18-16-36-17-19-40/h7-9,12-13,25-30,36,42H,10-11,14-23H2,1-6H3,(H,37,44)(H,38,45)(H,39,43)/t25-,26+,27-,28-,29+,30+/m0/s1.